The zero-order valence-corrected chi connectivity index (χ0v) is 11.9. The lowest BCUT2D eigenvalue weighted by atomic mass is 9.84. The second-order valence-electron chi connectivity index (χ2n) is 6.75. The van der Waals surface area contributed by atoms with E-state index in [0.29, 0.717) is 11.5 Å². The molecule has 0 radical (unpaired) electrons. The van der Waals surface area contributed by atoms with Crippen LogP contribution in [-0.2, 0) is 0 Å². The molecule has 0 aromatic rings. The lowest BCUT2D eigenvalue weighted by molar-refractivity contribution is 0.0850. The number of nitrogens with one attached hydrogen (secondary N) is 1. The van der Waals surface area contributed by atoms with Gasteiger partial charge in [-0.3, -0.25) is 4.90 Å². The van der Waals surface area contributed by atoms with Crippen molar-refractivity contribution < 1.29 is 0 Å². The molecule has 2 fully saturated rings. The van der Waals surface area contributed by atoms with E-state index >= 15 is 0 Å². The van der Waals surface area contributed by atoms with Crippen LogP contribution in [0.25, 0.3) is 0 Å². The SMILES string of the molecule is C/C=C/CN1CC(C(C)(C)C)NCC1C1CC1. The van der Waals surface area contributed by atoms with Crippen LogP contribution in [0, 0.1) is 11.3 Å². The number of nitrogens with zero attached hydrogens (tertiary/aromatic N) is 1. The van der Waals surface area contributed by atoms with E-state index in [1.54, 1.807) is 0 Å². The highest BCUT2D eigenvalue weighted by atomic mass is 15.2. The van der Waals surface area contributed by atoms with Gasteiger partial charge in [0.15, 0.2) is 0 Å². The van der Waals surface area contributed by atoms with Crippen LogP contribution in [0.2, 0.25) is 0 Å². The van der Waals surface area contributed by atoms with Crippen LogP contribution in [0.1, 0.15) is 40.5 Å². The van der Waals surface area contributed by atoms with E-state index in [2.05, 4.69) is 50.1 Å². The highest BCUT2D eigenvalue weighted by molar-refractivity contribution is 4.99. The summed E-state index contributed by atoms with van der Waals surface area (Å²) in [7, 11) is 0. The van der Waals surface area contributed by atoms with E-state index < -0.39 is 0 Å². The smallest absolute Gasteiger partial charge is 0.0252 e. The molecule has 1 aliphatic carbocycles. The second-order valence-corrected chi connectivity index (χ2v) is 6.75. The summed E-state index contributed by atoms with van der Waals surface area (Å²) in [4.78, 5) is 2.70. The van der Waals surface area contributed by atoms with Crippen LogP contribution in [0.15, 0.2) is 12.2 Å². The zero-order valence-electron chi connectivity index (χ0n) is 11.9. The van der Waals surface area contributed by atoms with Crippen LogP contribution >= 0.6 is 0 Å². The topological polar surface area (TPSA) is 15.3 Å². The van der Waals surface area contributed by atoms with Crippen LogP contribution in [0.5, 0.6) is 0 Å². The maximum absolute atomic E-state index is 3.77. The first kappa shape index (κ1) is 13.1. The van der Waals surface area contributed by atoms with E-state index in [1.165, 1.54) is 25.9 Å². The molecule has 0 bridgehead atoms. The number of hydrogen-bond acceptors (Lipinski definition) is 2. The minimum absolute atomic E-state index is 0.364. The monoisotopic (exact) mass is 236 g/mol. The first-order valence-electron chi connectivity index (χ1n) is 7.11. The summed E-state index contributed by atoms with van der Waals surface area (Å²) in [6.07, 6.45) is 7.37. The van der Waals surface area contributed by atoms with Crippen molar-refractivity contribution in [2.75, 3.05) is 19.6 Å². The van der Waals surface area contributed by atoms with E-state index in [4.69, 9.17) is 0 Å². The Labute approximate surface area is 106 Å². The predicted molar refractivity (Wildman–Crippen MR) is 74.1 cm³/mol. The van der Waals surface area contributed by atoms with Gasteiger partial charge in [0.05, 0.1) is 0 Å². The Balaban J connectivity index is 1.99. The van der Waals surface area contributed by atoms with Gasteiger partial charge in [0.2, 0.25) is 0 Å². The van der Waals surface area contributed by atoms with Gasteiger partial charge in [-0.1, -0.05) is 32.9 Å². The molecule has 0 spiro atoms. The summed E-state index contributed by atoms with van der Waals surface area (Å²) in [5, 5.41) is 3.77. The summed E-state index contributed by atoms with van der Waals surface area (Å²) >= 11 is 0. The Morgan fingerprint density at radius 1 is 1.29 bits per heavy atom. The fourth-order valence-electron chi connectivity index (χ4n) is 2.80. The molecular weight excluding hydrogens is 208 g/mol. The van der Waals surface area contributed by atoms with Crippen molar-refractivity contribution in [2.45, 2.75) is 52.6 Å². The molecular formula is C15H28N2. The van der Waals surface area contributed by atoms with Gasteiger partial charge in [0.25, 0.3) is 0 Å². The quantitative estimate of drug-likeness (QED) is 0.758. The van der Waals surface area contributed by atoms with Gasteiger partial charge in [0.1, 0.15) is 0 Å². The first-order chi connectivity index (χ1) is 8.02. The average molecular weight is 236 g/mol. The molecule has 2 unspecified atom stereocenters. The Morgan fingerprint density at radius 3 is 2.53 bits per heavy atom. The van der Waals surface area contributed by atoms with Crippen LogP contribution in [-0.4, -0.2) is 36.6 Å². The summed E-state index contributed by atoms with van der Waals surface area (Å²) in [5.41, 5.74) is 0.364. The van der Waals surface area contributed by atoms with Crippen molar-refractivity contribution in [3.8, 4) is 0 Å². The largest absolute Gasteiger partial charge is 0.311 e. The summed E-state index contributed by atoms with van der Waals surface area (Å²) in [5.74, 6) is 0.966. The van der Waals surface area contributed by atoms with Gasteiger partial charge in [-0.15, -0.1) is 0 Å². The molecule has 1 saturated heterocycles. The number of rotatable bonds is 3. The number of hydrogen-bond donors (Lipinski definition) is 1. The second kappa shape index (κ2) is 5.11. The summed E-state index contributed by atoms with van der Waals surface area (Å²) < 4.78 is 0. The van der Waals surface area contributed by atoms with Crippen LogP contribution < -0.4 is 5.32 Å². The van der Waals surface area contributed by atoms with Crippen molar-refractivity contribution in [3.63, 3.8) is 0 Å². The highest BCUT2D eigenvalue weighted by Gasteiger charge is 2.40. The molecule has 1 heterocycles. The maximum atomic E-state index is 3.77. The molecule has 1 saturated carbocycles. The van der Waals surface area contributed by atoms with Crippen LogP contribution in [0.4, 0.5) is 0 Å². The van der Waals surface area contributed by atoms with Crippen molar-refractivity contribution >= 4 is 0 Å². The third-order valence-electron chi connectivity index (χ3n) is 4.25. The van der Waals surface area contributed by atoms with Crippen molar-refractivity contribution in [2.24, 2.45) is 11.3 Å². The van der Waals surface area contributed by atoms with Gasteiger partial charge in [-0.05, 0) is 31.1 Å². The highest BCUT2D eigenvalue weighted by Crippen LogP contribution is 2.37. The van der Waals surface area contributed by atoms with Crippen molar-refractivity contribution in [1.82, 2.24) is 10.2 Å². The summed E-state index contributed by atoms with van der Waals surface area (Å²) in [6, 6.07) is 1.41. The first-order valence-corrected chi connectivity index (χ1v) is 7.11. The molecule has 2 aliphatic rings. The Kier molecular flexibility index (Phi) is 3.94. The molecule has 0 amide bonds. The van der Waals surface area contributed by atoms with Gasteiger partial charge >= 0.3 is 0 Å². The Bertz CT molecular complexity index is 273. The van der Waals surface area contributed by atoms with Crippen molar-refractivity contribution in [3.05, 3.63) is 12.2 Å². The van der Waals surface area contributed by atoms with E-state index in [0.717, 1.165) is 18.5 Å². The van der Waals surface area contributed by atoms with Gasteiger partial charge in [-0.2, -0.15) is 0 Å². The average Bonchev–Trinajstić information content (AvgIpc) is 3.08. The molecule has 1 aliphatic heterocycles. The molecule has 17 heavy (non-hydrogen) atoms. The molecule has 1 N–H and O–H groups in total. The molecule has 0 aromatic carbocycles. The van der Waals surface area contributed by atoms with Crippen LogP contribution in [0.3, 0.4) is 0 Å². The van der Waals surface area contributed by atoms with E-state index in [1.807, 2.05) is 0 Å². The van der Waals surface area contributed by atoms with Crippen molar-refractivity contribution in [1.29, 1.82) is 0 Å². The fourth-order valence-corrected chi connectivity index (χ4v) is 2.80. The lowest BCUT2D eigenvalue weighted by Gasteiger charge is -2.45. The Morgan fingerprint density at radius 2 is 2.00 bits per heavy atom. The van der Waals surface area contributed by atoms with E-state index in [-0.39, 0.29) is 0 Å². The molecule has 2 atom stereocenters. The standard InChI is InChI=1S/C15H28N2/c1-5-6-9-17-11-14(15(2,3)4)16-10-13(17)12-7-8-12/h5-6,12-14,16H,7-11H2,1-4H3/b6-5+. The number of piperazine rings is 1. The molecule has 2 rings (SSSR count). The fraction of sp³-hybridized carbons (Fsp3) is 0.867. The molecule has 98 valence electrons. The molecule has 2 heteroatoms. The van der Waals surface area contributed by atoms with Gasteiger partial charge in [0, 0.05) is 31.7 Å². The lowest BCUT2D eigenvalue weighted by Crippen LogP contribution is -2.60. The maximum Gasteiger partial charge on any atom is 0.0252 e. The normalized spacial score (nSPS) is 32.2. The minimum Gasteiger partial charge on any atom is -0.311 e. The minimum atomic E-state index is 0.364. The number of allylic oxidation sites excluding steroid dienone is 1. The van der Waals surface area contributed by atoms with E-state index in [9.17, 15) is 0 Å². The Hall–Kier alpha value is -0.340. The molecule has 0 aromatic heterocycles. The summed E-state index contributed by atoms with van der Waals surface area (Å²) in [6.45, 7) is 12.7. The van der Waals surface area contributed by atoms with Gasteiger partial charge in [-0.25, -0.2) is 0 Å². The molecule has 2 nitrogen and oxygen atoms in total. The third kappa shape index (κ3) is 3.32. The predicted octanol–water partition coefficient (Wildman–Crippen LogP) is 2.66. The third-order valence-corrected chi connectivity index (χ3v) is 4.25. The van der Waals surface area contributed by atoms with Gasteiger partial charge < -0.3 is 5.32 Å². The zero-order chi connectivity index (χ0) is 12.5.